The van der Waals surface area contributed by atoms with E-state index in [4.69, 9.17) is 1.37 Å². The predicted molar refractivity (Wildman–Crippen MR) is 54.6 cm³/mol. The van der Waals surface area contributed by atoms with Gasteiger partial charge in [0.2, 0.25) is 0 Å². The molecule has 0 atom stereocenters. The molecule has 0 aliphatic carbocycles. The van der Waals surface area contributed by atoms with Crippen molar-refractivity contribution in [2.24, 2.45) is 11.8 Å². The fourth-order valence-corrected chi connectivity index (χ4v) is 1.02. The lowest BCUT2D eigenvalue weighted by Crippen LogP contribution is -2.01. The molecule has 0 saturated heterocycles. The van der Waals surface area contributed by atoms with Crippen LogP contribution in [0.3, 0.4) is 0 Å². The van der Waals surface area contributed by atoms with Crippen LogP contribution in [0.5, 0.6) is 0 Å². The van der Waals surface area contributed by atoms with Gasteiger partial charge in [0.15, 0.2) is 5.78 Å². The molecule has 0 amide bonds. The molecule has 0 aromatic carbocycles. The van der Waals surface area contributed by atoms with Crippen molar-refractivity contribution < 1.29 is 11.3 Å². The summed E-state index contributed by atoms with van der Waals surface area (Å²) in [6.45, 7) is 7.72. The highest BCUT2D eigenvalue weighted by Gasteiger charge is 2.05. The molecule has 0 aliphatic heterocycles. The number of allylic oxidation sites excluding steroid dienone is 2. The van der Waals surface area contributed by atoms with Gasteiger partial charge < -0.3 is 5.11 Å². The fraction of sp³-hybridized carbons (Fsp3) is 0.727. The van der Waals surface area contributed by atoms with E-state index in [0.29, 0.717) is 12.8 Å². The van der Waals surface area contributed by atoms with Crippen LogP contribution >= 0.6 is 0 Å². The Morgan fingerprint density at radius 2 is 1.77 bits per heavy atom. The van der Waals surface area contributed by atoms with E-state index in [2.05, 4.69) is 0 Å². The summed E-state index contributed by atoms with van der Waals surface area (Å²) in [7, 11) is 0. The Morgan fingerprint density at radius 3 is 2.15 bits per heavy atom. The average Bonchev–Trinajstić information content (AvgIpc) is 2.00. The first kappa shape index (κ1) is 10.3. The van der Waals surface area contributed by atoms with E-state index in [0.717, 1.165) is 0 Å². The second-order valence-electron chi connectivity index (χ2n) is 4.19. The van der Waals surface area contributed by atoms with E-state index in [-0.39, 0.29) is 29.4 Å². The molecule has 1 N–H and O–H groups in total. The van der Waals surface area contributed by atoms with Gasteiger partial charge in [-0.15, -0.1) is 0 Å². The van der Waals surface area contributed by atoms with Gasteiger partial charge in [0.05, 0.1) is 7.13 Å². The van der Waals surface area contributed by atoms with Gasteiger partial charge in [-0.05, 0) is 11.8 Å². The van der Waals surface area contributed by atoms with Crippen LogP contribution in [-0.2, 0) is 4.79 Å². The van der Waals surface area contributed by atoms with Crippen molar-refractivity contribution in [3.63, 3.8) is 0 Å². The molecule has 0 fully saturated rings. The second-order valence-corrected chi connectivity index (χ2v) is 4.19. The van der Waals surface area contributed by atoms with E-state index in [1.807, 2.05) is 27.7 Å². The molecule has 0 saturated carbocycles. The SMILES string of the molecule is [2H]C(C(=O)CC(C)C)=C(O)CC(C)C. The number of carbonyl (C=O) groups excluding carboxylic acids is 1. The van der Waals surface area contributed by atoms with Crippen molar-refractivity contribution in [2.45, 2.75) is 40.5 Å². The molecule has 76 valence electrons. The van der Waals surface area contributed by atoms with Crippen LogP contribution in [0, 0.1) is 11.8 Å². The van der Waals surface area contributed by atoms with E-state index in [1.54, 1.807) is 0 Å². The minimum Gasteiger partial charge on any atom is -0.512 e. The summed E-state index contributed by atoms with van der Waals surface area (Å²) in [5.74, 6) is 0.153. The molecule has 0 unspecified atom stereocenters. The van der Waals surface area contributed by atoms with Crippen molar-refractivity contribution in [2.75, 3.05) is 0 Å². The van der Waals surface area contributed by atoms with Crippen LogP contribution in [0.25, 0.3) is 0 Å². The van der Waals surface area contributed by atoms with Crippen LogP contribution in [0.1, 0.15) is 41.9 Å². The molecule has 0 radical (unpaired) electrons. The van der Waals surface area contributed by atoms with Crippen molar-refractivity contribution in [3.05, 3.63) is 11.8 Å². The third-order valence-corrected chi connectivity index (χ3v) is 1.48. The maximum Gasteiger partial charge on any atom is 0.159 e. The van der Waals surface area contributed by atoms with Crippen molar-refractivity contribution in [1.29, 1.82) is 0 Å². The zero-order chi connectivity index (χ0) is 11.3. The quantitative estimate of drug-likeness (QED) is 0.528. The average molecular weight is 185 g/mol. The zero-order valence-electron chi connectivity index (χ0n) is 9.92. The molecule has 2 nitrogen and oxygen atoms in total. The molecule has 0 heterocycles. The highest BCUT2D eigenvalue weighted by Crippen LogP contribution is 2.09. The van der Waals surface area contributed by atoms with Crippen LogP contribution in [-0.4, -0.2) is 10.9 Å². The minimum absolute atomic E-state index is 0.0781. The normalized spacial score (nSPS) is 14.5. The Kier molecular flexibility index (Phi) is 4.58. The van der Waals surface area contributed by atoms with Crippen molar-refractivity contribution in [3.8, 4) is 0 Å². The van der Waals surface area contributed by atoms with E-state index < -0.39 is 0 Å². The van der Waals surface area contributed by atoms with Crippen LogP contribution in [0.2, 0.25) is 0 Å². The standard InChI is InChI=1S/C11H20O2/c1-8(2)5-10(12)7-11(13)6-9(3)4/h7-9,12H,5-6H2,1-4H3/i7D. The number of aliphatic hydroxyl groups excluding tert-OH is 1. The van der Waals surface area contributed by atoms with E-state index >= 15 is 0 Å². The summed E-state index contributed by atoms with van der Waals surface area (Å²) in [4.78, 5) is 11.4. The molecule has 0 aromatic rings. The summed E-state index contributed by atoms with van der Waals surface area (Å²) in [6, 6.07) is -0.215. The molecule has 0 bridgehead atoms. The fourth-order valence-electron chi connectivity index (χ4n) is 1.02. The van der Waals surface area contributed by atoms with E-state index in [9.17, 15) is 9.90 Å². The topological polar surface area (TPSA) is 37.3 Å². The van der Waals surface area contributed by atoms with E-state index in [1.165, 1.54) is 0 Å². The lowest BCUT2D eigenvalue weighted by molar-refractivity contribution is -0.115. The monoisotopic (exact) mass is 185 g/mol. The molecule has 0 spiro atoms. The van der Waals surface area contributed by atoms with Gasteiger partial charge in [0.1, 0.15) is 0 Å². The Labute approximate surface area is 82.1 Å². The van der Waals surface area contributed by atoms with Crippen LogP contribution in [0.15, 0.2) is 11.8 Å². The summed E-state index contributed by atoms with van der Waals surface area (Å²) < 4.78 is 7.45. The number of hydrogen-bond donors (Lipinski definition) is 1. The van der Waals surface area contributed by atoms with Crippen molar-refractivity contribution in [1.82, 2.24) is 0 Å². The predicted octanol–water partition coefficient (Wildman–Crippen LogP) is 3.09. The smallest absolute Gasteiger partial charge is 0.159 e. The summed E-state index contributed by atoms with van der Waals surface area (Å²) >= 11 is 0. The molecule has 0 rings (SSSR count). The van der Waals surface area contributed by atoms with Crippen LogP contribution < -0.4 is 0 Å². The zero-order valence-corrected chi connectivity index (χ0v) is 8.92. The Balaban J connectivity index is 4.40. The lowest BCUT2D eigenvalue weighted by atomic mass is 10.0. The van der Waals surface area contributed by atoms with Gasteiger partial charge in [-0.3, -0.25) is 4.79 Å². The molecular weight excluding hydrogens is 164 g/mol. The Morgan fingerprint density at radius 1 is 1.31 bits per heavy atom. The van der Waals surface area contributed by atoms with Crippen molar-refractivity contribution >= 4 is 5.78 Å². The molecule has 2 heteroatoms. The highest BCUT2D eigenvalue weighted by molar-refractivity contribution is 5.90. The molecule has 13 heavy (non-hydrogen) atoms. The maximum absolute atomic E-state index is 11.4. The largest absolute Gasteiger partial charge is 0.512 e. The van der Waals surface area contributed by atoms with Gasteiger partial charge >= 0.3 is 0 Å². The number of carbonyl (C=O) groups is 1. The van der Waals surface area contributed by atoms with Gasteiger partial charge in [-0.2, -0.15) is 0 Å². The minimum atomic E-state index is -0.266. The van der Waals surface area contributed by atoms with Gasteiger partial charge in [-0.25, -0.2) is 0 Å². The van der Waals surface area contributed by atoms with Crippen LogP contribution in [0.4, 0.5) is 0 Å². The first-order chi connectivity index (χ1) is 6.34. The number of ketones is 1. The summed E-state index contributed by atoms with van der Waals surface area (Å²) in [5.41, 5.74) is 0. The maximum atomic E-state index is 11.4. The molecular formula is C11H20O2. The Hall–Kier alpha value is -0.790. The number of rotatable bonds is 5. The highest BCUT2D eigenvalue weighted by atomic mass is 16.3. The third kappa shape index (κ3) is 7.57. The summed E-state index contributed by atoms with van der Waals surface area (Å²) in [5, 5.41) is 9.44. The Bertz CT molecular complexity index is 229. The van der Waals surface area contributed by atoms with Gasteiger partial charge in [0, 0.05) is 18.9 Å². The van der Waals surface area contributed by atoms with Gasteiger partial charge in [-0.1, -0.05) is 27.7 Å². The number of hydrogen-bond acceptors (Lipinski definition) is 2. The molecule has 0 aliphatic rings. The number of aliphatic hydroxyl groups is 1. The second kappa shape index (κ2) is 5.79. The molecule has 0 aromatic heterocycles. The lowest BCUT2D eigenvalue weighted by Gasteiger charge is -2.04. The summed E-state index contributed by atoms with van der Waals surface area (Å²) in [6.07, 6.45) is 0.740. The van der Waals surface area contributed by atoms with Gasteiger partial charge in [0.25, 0.3) is 0 Å². The first-order valence-electron chi connectivity index (χ1n) is 5.26. The third-order valence-electron chi connectivity index (χ3n) is 1.48. The first-order valence-corrected chi connectivity index (χ1v) is 4.76.